The zero-order valence-electron chi connectivity index (χ0n) is 16.1. The summed E-state index contributed by atoms with van der Waals surface area (Å²) in [5, 5.41) is 2.86. The van der Waals surface area contributed by atoms with Crippen LogP contribution in [0.15, 0.2) is 42.5 Å². The van der Waals surface area contributed by atoms with Crippen LogP contribution in [0, 0.1) is 0 Å². The second-order valence-electron chi connectivity index (χ2n) is 6.92. The maximum absolute atomic E-state index is 12.2. The first-order valence-electron chi connectivity index (χ1n) is 8.59. The van der Waals surface area contributed by atoms with E-state index in [0.29, 0.717) is 36.0 Å². The average molecular weight is 357 g/mol. The maximum atomic E-state index is 12.2. The van der Waals surface area contributed by atoms with Gasteiger partial charge in [-0.05, 0) is 35.2 Å². The highest BCUT2D eigenvalue weighted by molar-refractivity contribution is 5.94. The van der Waals surface area contributed by atoms with Crippen LogP contribution >= 0.6 is 0 Å². The fourth-order valence-electron chi connectivity index (χ4n) is 2.52. The van der Waals surface area contributed by atoms with Gasteiger partial charge in [0.25, 0.3) is 5.91 Å². The number of rotatable bonds is 7. The summed E-state index contributed by atoms with van der Waals surface area (Å²) >= 11 is 0. The van der Waals surface area contributed by atoms with Gasteiger partial charge < -0.3 is 19.5 Å². The van der Waals surface area contributed by atoms with Crippen molar-refractivity contribution in [2.45, 2.75) is 26.2 Å². The molecule has 2 rings (SSSR count). The number of carbonyl (C=O) groups excluding carboxylic acids is 1. The molecule has 5 nitrogen and oxygen atoms in total. The number of para-hydroxylation sites is 1. The SMILES string of the molecule is COc1cccc(OCCNC(=O)c2ccc(C(C)(C)C)cc2)c1OC. The Morgan fingerprint density at radius 1 is 0.962 bits per heavy atom. The predicted molar refractivity (Wildman–Crippen MR) is 103 cm³/mol. The van der Waals surface area contributed by atoms with Crippen molar-refractivity contribution in [3.05, 3.63) is 53.6 Å². The number of nitrogens with one attached hydrogen (secondary N) is 1. The van der Waals surface area contributed by atoms with E-state index in [0.717, 1.165) is 0 Å². The van der Waals surface area contributed by atoms with Crippen LogP contribution in [0.3, 0.4) is 0 Å². The molecule has 140 valence electrons. The summed E-state index contributed by atoms with van der Waals surface area (Å²) in [4.78, 5) is 12.2. The van der Waals surface area contributed by atoms with Crippen LogP contribution < -0.4 is 19.5 Å². The van der Waals surface area contributed by atoms with Gasteiger partial charge in [-0.15, -0.1) is 0 Å². The van der Waals surface area contributed by atoms with Crippen molar-refractivity contribution in [1.29, 1.82) is 0 Å². The molecule has 0 aliphatic rings. The smallest absolute Gasteiger partial charge is 0.251 e. The van der Waals surface area contributed by atoms with Crippen LogP contribution in [0.25, 0.3) is 0 Å². The molecule has 0 aliphatic heterocycles. The second kappa shape index (κ2) is 8.61. The number of carbonyl (C=O) groups is 1. The van der Waals surface area contributed by atoms with Crippen LogP contribution in [-0.4, -0.2) is 33.3 Å². The zero-order chi connectivity index (χ0) is 19.2. The highest BCUT2D eigenvalue weighted by Gasteiger charge is 2.14. The van der Waals surface area contributed by atoms with Gasteiger partial charge in [0.15, 0.2) is 11.5 Å². The average Bonchev–Trinajstić information content (AvgIpc) is 2.64. The van der Waals surface area contributed by atoms with Gasteiger partial charge >= 0.3 is 0 Å². The Morgan fingerprint density at radius 2 is 1.62 bits per heavy atom. The molecular weight excluding hydrogens is 330 g/mol. The van der Waals surface area contributed by atoms with E-state index in [9.17, 15) is 4.79 Å². The van der Waals surface area contributed by atoms with Crippen molar-refractivity contribution in [3.63, 3.8) is 0 Å². The van der Waals surface area contributed by atoms with E-state index in [2.05, 4.69) is 26.1 Å². The van der Waals surface area contributed by atoms with Crippen LogP contribution in [0.5, 0.6) is 17.2 Å². The van der Waals surface area contributed by atoms with Crippen molar-refractivity contribution < 1.29 is 19.0 Å². The predicted octanol–water partition coefficient (Wildman–Crippen LogP) is 3.81. The molecule has 0 aliphatic carbocycles. The Kier molecular flexibility index (Phi) is 6.50. The molecule has 0 saturated carbocycles. The van der Waals surface area contributed by atoms with E-state index in [1.807, 2.05) is 30.3 Å². The summed E-state index contributed by atoms with van der Waals surface area (Å²) in [7, 11) is 3.14. The minimum absolute atomic E-state index is 0.0681. The van der Waals surface area contributed by atoms with Crippen LogP contribution in [-0.2, 0) is 5.41 Å². The maximum Gasteiger partial charge on any atom is 0.251 e. The molecule has 0 saturated heterocycles. The summed E-state index contributed by atoms with van der Waals surface area (Å²) < 4.78 is 16.3. The van der Waals surface area contributed by atoms with Gasteiger partial charge in [0.1, 0.15) is 6.61 Å². The van der Waals surface area contributed by atoms with Gasteiger partial charge in [-0.25, -0.2) is 0 Å². The van der Waals surface area contributed by atoms with Crippen molar-refractivity contribution in [2.24, 2.45) is 0 Å². The lowest BCUT2D eigenvalue weighted by Crippen LogP contribution is -2.28. The molecule has 0 atom stereocenters. The summed E-state index contributed by atoms with van der Waals surface area (Å²) in [6, 6.07) is 13.1. The largest absolute Gasteiger partial charge is 0.493 e. The number of ether oxygens (including phenoxy) is 3. The van der Waals surface area contributed by atoms with Crippen LogP contribution in [0.4, 0.5) is 0 Å². The molecule has 26 heavy (non-hydrogen) atoms. The summed E-state index contributed by atoms with van der Waals surface area (Å²) in [5.74, 6) is 1.61. The third-order valence-electron chi connectivity index (χ3n) is 4.03. The Morgan fingerprint density at radius 3 is 2.19 bits per heavy atom. The van der Waals surface area contributed by atoms with E-state index in [1.54, 1.807) is 26.4 Å². The van der Waals surface area contributed by atoms with Gasteiger partial charge in [0, 0.05) is 5.56 Å². The molecule has 2 aromatic carbocycles. The van der Waals surface area contributed by atoms with E-state index < -0.39 is 0 Å². The zero-order valence-corrected chi connectivity index (χ0v) is 16.1. The molecule has 0 radical (unpaired) electrons. The minimum atomic E-state index is -0.119. The van der Waals surface area contributed by atoms with Gasteiger partial charge in [0.2, 0.25) is 5.75 Å². The second-order valence-corrected chi connectivity index (χ2v) is 6.92. The third-order valence-corrected chi connectivity index (χ3v) is 4.03. The lowest BCUT2D eigenvalue weighted by atomic mass is 9.87. The van der Waals surface area contributed by atoms with Crippen molar-refractivity contribution in [2.75, 3.05) is 27.4 Å². The molecule has 0 aromatic heterocycles. The lowest BCUT2D eigenvalue weighted by molar-refractivity contribution is 0.0946. The lowest BCUT2D eigenvalue weighted by Gasteiger charge is -2.19. The molecule has 1 N–H and O–H groups in total. The fourth-order valence-corrected chi connectivity index (χ4v) is 2.52. The molecule has 1 amide bonds. The minimum Gasteiger partial charge on any atom is -0.493 e. The first-order chi connectivity index (χ1) is 12.4. The van der Waals surface area contributed by atoms with E-state index >= 15 is 0 Å². The quantitative estimate of drug-likeness (QED) is 0.766. The standard InChI is InChI=1S/C21H27NO4/c1-21(2,3)16-11-9-15(10-12-16)20(23)22-13-14-26-18-8-6-7-17(24-4)19(18)25-5/h6-12H,13-14H2,1-5H3,(H,22,23). The first kappa shape index (κ1) is 19.6. The molecular formula is C21H27NO4. The molecule has 5 heteroatoms. The summed E-state index contributed by atoms with van der Waals surface area (Å²) in [5.41, 5.74) is 1.90. The van der Waals surface area contributed by atoms with Crippen molar-refractivity contribution >= 4 is 5.91 Å². The Hall–Kier alpha value is -2.69. The molecule has 0 fully saturated rings. The number of hydrogen-bond donors (Lipinski definition) is 1. The first-order valence-corrected chi connectivity index (χ1v) is 8.59. The monoisotopic (exact) mass is 357 g/mol. The van der Waals surface area contributed by atoms with E-state index in [4.69, 9.17) is 14.2 Å². The molecule has 0 heterocycles. The summed E-state index contributed by atoms with van der Waals surface area (Å²) in [6.07, 6.45) is 0. The number of methoxy groups -OCH3 is 2. The van der Waals surface area contributed by atoms with Crippen molar-refractivity contribution in [1.82, 2.24) is 5.32 Å². The highest BCUT2D eigenvalue weighted by atomic mass is 16.5. The normalized spacial score (nSPS) is 11.0. The third kappa shape index (κ3) is 4.91. The number of amides is 1. The van der Waals surface area contributed by atoms with E-state index in [1.165, 1.54) is 5.56 Å². The van der Waals surface area contributed by atoms with Gasteiger partial charge in [0.05, 0.1) is 20.8 Å². The van der Waals surface area contributed by atoms with Gasteiger partial charge in [-0.2, -0.15) is 0 Å². The number of benzene rings is 2. The molecule has 0 bridgehead atoms. The highest BCUT2D eigenvalue weighted by Crippen LogP contribution is 2.36. The fraction of sp³-hybridized carbons (Fsp3) is 0.381. The van der Waals surface area contributed by atoms with Gasteiger partial charge in [-0.3, -0.25) is 4.79 Å². The Bertz CT molecular complexity index is 733. The van der Waals surface area contributed by atoms with Crippen LogP contribution in [0.1, 0.15) is 36.7 Å². The Labute approximate surface area is 155 Å². The molecule has 2 aromatic rings. The summed E-state index contributed by atoms with van der Waals surface area (Å²) in [6.45, 7) is 7.15. The Balaban J connectivity index is 1.87. The van der Waals surface area contributed by atoms with Crippen molar-refractivity contribution in [3.8, 4) is 17.2 Å². The van der Waals surface area contributed by atoms with Crippen LogP contribution in [0.2, 0.25) is 0 Å². The molecule has 0 spiro atoms. The number of hydrogen-bond acceptors (Lipinski definition) is 4. The topological polar surface area (TPSA) is 56.8 Å². The van der Waals surface area contributed by atoms with Gasteiger partial charge in [-0.1, -0.05) is 39.0 Å². The van der Waals surface area contributed by atoms with E-state index in [-0.39, 0.29) is 11.3 Å². The molecule has 0 unspecified atom stereocenters.